The van der Waals surface area contributed by atoms with Gasteiger partial charge in [-0.3, -0.25) is 49.6 Å². The number of benzene rings is 10. The largest absolute Gasteiger partial charge is 0.308 e. The van der Waals surface area contributed by atoms with Crippen molar-refractivity contribution in [3.05, 3.63) is 503 Å². The molecule has 0 bridgehead atoms. The Morgan fingerprint density at radius 1 is 0.150 bits per heavy atom. The molecule has 10 aliphatic heterocycles. The molecule has 15 nitrogen and oxygen atoms in total. The van der Waals surface area contributed by atoms with Gasteiger partial charge in [-0.2, -0.15) is 0 Å². The zero-order valence-corrected chi connectivity index (χ0v) is 76.6. The minimum Gasteiger partial charge on any atom is -0.308 e. The fourth-order valence-electron chi connectivity index (χ4n) is 26.4. The lowest BCUT2D eigenvalue weighted by molar-refractivity contribution is 0.939. The normalized spacial score (nSPS) is 14.6. The van der Waals surface area contributed by atoms with Crippen LogP contribution in [0.15, 0.2) is 336 Å². The average molecular weight is 1800 g/mol. The van der Waals surface area contributed by atoms with Crippen molar-refractivity contribution in [2.24, 2.45) is 0 Å². The van der Waals surface area contributed by atoms with Gasteiger partial charge in [0.15, 0.2) is 0 Å². The molecule has 10 aromatic heterocycles. The van der Waals surface area contributed by atoms with Crippen molar-refractivity contribution < 1.29 is 0 Å². The molecule has 20 heterocycles. The first kappa shape index (κ1) is 77.9. The number of rotatable bonds is 0. The van der Waals surface area contributed by atoms with Crippen LogP contribution in [0.5, 0.6) is 0 Å². The number of pyridine rings is 10. The Morgan fingerprint density at radius 2 is 0.400 bits per heavy atom. The third kappa shape index (κ3) is 11.5. The molecule has 5 aliphatic carbocycles. The van der Waals surface area contributed by atoms with E-state index in [1.165, 1.54) is 285 Å². The summed E-state index contributed by atoms with van der Waals surface area (Å²) in [6.07, 6.45) is 45.7. The Balaban J connectivity index is 0.0000000806. The van der Waals surface area contributed by atoms with E-state index in [0.29, 0.717) is 0 Å². The van der Waals surface area contributed by atoms with Gasteiger partial charge < -0.3 is 9.80 Å². The van der Waals surface area contributed by atoms with E-state index in [0.717, 1.165) is 119 Å². The van der Waals surface area contributed by atoms with E-state index in [2.05, 4.69) is 273 Å². The highest BCUT2D eigenvalue weighted by Crippen LogP contribution is 2.62. The van der Waals surface area contributed by atoms with Gasteiger partial charge in [-0.05, 0) is 346 Å². The molecule has 140 heavy (non-hydrogen) atoms. The lowest BCUT2D eigenvalue weighted by atomic mass is 9.83. The number of aromatic nitrogens is 10. The summed E-state index contributed by atoms with van der Waals surface area (Å²) in [6, 6.07) is 86.4. The van der Waals surface area contributed by atoms with Crippen LogP contribution < -0.4 is 24.5 Å². The van der Waals surface area contributed by atoms with E-state index < -0.39 is 0 Å². The standard InChI is InChI=1S/5C25H17N3/c1-2-7-18-15(5-1)12-20-19(18)13-17-11-16-6-3-10-27-25(16)28-23-8-4-9-26-22(23)14-21(20)24(17)28;1-2-6-19-15(4-1)11-21-20(19)13-18-10-16-7-9-26-14-23(16)28-24(18)22(21)12-17-5-3-8-27-25(17)28;1-2-6-19-15(4-1)11-21-20(19)12-17-10-16-5-3-8-27-25(16)28-23-7-9-26-14-18(23)13-22(21)24(17)28;1-2-4-19-15(3-1)10-21-20(19)11-17-9-16-5-7-27-14-24(16)28-23-6-8-26-13-18(23)12-22(21)25(17)28;1-2-4-19-15(3-1)10-21-20(19)12-18-9-16-5-7-26-13-23(16)28-24-14-27-8-6-17(24)11-22(21)25(18)28/h1-10,13H,11-12,14H2;1-9,13-14H,10-12H2;1-9,12,14H,10-11,13H2;1-8,11,13-14H,9-10,12H2;1-8,12-14H,9-11H2. The zero-order chi connectivity index (χ0) is 91.2. The summed E-state index contributed by atoms with van der Waals surface area (Å²) < 4.78 is 0. The number of anilines is 15. The van der Waals surface area contributed by atoms with Crippen LogP contribution in [0.1, 0.15) is 167 Å². The number of nitrogens with zero attached hydrogens (tertiary/aromatic N) is 15. The van der Waals surface area contributed by atoms with Crippen molar-refractivity contribution in [3.63, 3.8) is 0 Å². The summed E-state index contributed by atoms with van der Waals surface area (Å²) in [7, 11) is 0. The van der Waals surface area contributed by atoms with Gasteiger partial charge in [0, 0.05) is 139 Å². The van der Waals surface area contributed by atoms with Crippen molar-refractivity contribution in [1.82, 2.24) is 49.8 Å². The topological polar surface area (TPSA) is 145 Å². The van der Waals surface area contributed by atoms with Crippen molar-refractivity contribution in [2.45, 2.75) is 96.3 Å². The summed E-state index contributed by atoms with van der Waals surface area (Å²) in [5, 5.41) is 0. The van der Waals surface area contributed by atoms with Crippen LogP contribution in [0.4, 0.5) is 85.7 Å². The Hall–Kier alpha value is -17.3. The fraction of sp³-hybridized carbons (Fsp3) is 0.120. The lowest BCUT2D eigenvalue weighted by Crippen LogP contribution is -2.27. The molecule has 0 radical (unpaired) electrons. The van der Waals surface area contributed by atoms with Crippen molar-refractivity contribution >= 4 is 85.7 Å². The highest BCUT2D eigenvalue weighted by molar-refractivity contribution is 6.00. The Morgan fingerprint density at radius 3 is 0.786 bits per heavy atom. The molecule has 15 heteroatoms. The van der Waals surface area contributed by atoms with E-state index in [-0.39, 0.29) is 0 Å². The van der Waals surface area contributed by atoms with Gasteiger partial charge in [-0.1, -0.05) is 140 Å². The van der Waals surface area contributed by atoms with Crippen LogP contribution in [0.3, 0.4) is 0 Å². The smallest absolute Gasteiger partial charge is 0.141 e. The van der Waals surface area contributed by atoms with E-state index in [9.17, 15) is 0 Å². The minimum absolute atomic E-state index is 0.897. The van der Waals surface area contributed by atoms with Crippen LogP contribution >= 0.6 is 0 Å². The average Bonchev–Trinajstić information content (AvgIpc) is 1.41. The molecule has 0 spiro atoms. The van der Waals surface area contributed by atoms with Gasteiger partial charge in [0.05, 0.1) is 98.7 Å². The van der Waals surface area contributed by atoms with E-state index in [4.69, 9.17) is 19.9 Å². The van der Waals surface area contributed by atoms with E-state index >= 15 is 0 Å². The summed E-state index contributed by atoms with van der Waals surface area (Å²) in [5.41, 5.74) is 71.3. The molecular formula is C125H85N15. The van der Waals surface area contributed by atoms with Crippen molar-refractivity contribution in [1.29, 1.82) is 0 Å². The fourth-order valence-corrected chi connectivity index (χ4v) is 26.4. The van der Waals surface area contributed by atoms with Crippen LogP contribution in [0.2, 0.25) is 0 Å². The molecule has 0 N–H and O–H groups in total. The number of hydrogen-bond acceptors (Lipinski definition) is 15. The third-order valence-electron chi connectivity index (χ3n) is 32.3. The van der Waals surface area contributed by atoms with Gasteiger partial charge >= 0.3 is 0 Å². The predicted molar refractivity (Wildman–Crippen MR) is 553 cm³/mol. The second-order valence-electron chi connectivity index (χ2n) is 39.5. The molecular weight excluding hydrogens is 1710 g/mol. The van der Waals surface area contributed by atoms with E-state index in [1.54, 1.807) is 0 Å². The number of fused-ring (bicyclic) bond motifs is 40. The van der Waals surface area contributed by atoms with Crippen molar-refractivity contribution in [2.75, 3.05) is 24.5 Å². The highest BCUT2D eigenvalue weighted by Gasteiger charge is 2.44. The predicted octanol–water partition coefficient (Wildman–Crippen LogP) is 26.6. The summed E-state index contributed by atoms with van der Waals surface area (Å²) >= 11 is 0. The van der Waals surface area contributed by atoms with Gasteiger partial charge in [0.1, 0.15) is 17.5 Å². The molecule has 20 aromatic rings. The van der Waals surface area contributed by atoms with Crippen LogP contribution in [-0.2, 0) is 96.3 Å². The highest BCUT2D eigenvalue weighted by atomic mass is 15.2. The van der Waals surface area contributed by atoms with Gasteiger partial charge in [0.2, 0.25) is 0 Å². The summed E-state index contributed by atoms with van der Waals surface area (Å²) in [4.78, 5) is 57.6. The maximum absolute atomic E-state index is 4.78. The first-order valence-corrected chi connectivity index (χ1v) is 49.0. The first-order chi connectivity index (χ1) is 69.4. The quantitative estimate of drug-likeness (QED) is 0.142. The summed E-state index contributed by atoms with van der Waals surface area (Å²) in [6.45, 7) is 0. The Kier molecular flexibility index (Phi) is 16.8. The molecule has 10 aromatic carbocycles. The SMILES string of the molecule is c1ccc2c(c1)Cc1c-2cc2c3c1Cc1cccnc1N3c1cnccc1C2.c1ccc2c(c1)Cc1c-2cc2c3c1Cc1ccncc1N3c1cnccc1C2.c1ccc2c(c1)Cc1c-2cc2c3c1Cc1cnccc1N3c1cnccc1C2.c1ccc2c(c1)Cc1c-2cc2c3c1Cc1cnccc1N3c1ncccc1C2.c1ccc2c(c1)Cc1c-2cc2c3c1Cc1ncccc1N3c1ncccc1C2. The van der Waals surface area contributed by atoms with Crippen LogP contribution in [0.25, 0.3) is 55.6 Å². The molecule has 0 unspecified atom stereocenters. The van der Waals surface area contributed by atoms with Crippen molar-refractivity contribution in [3.8, 4) is 55.6 Å². The molecule has 0 saturated carbocycles. The molecule has 660 valence electrons. The second kappa shape index (κ2) is 30.1. The molecule has 0 atom stereocenters. The Bertz CT molecular complexity index is 7660. The van der Waals surface area contributed by atoms with Gasteiger partial charge in [0.25, 0.3) is 0 Å². The van der Waals surface area contributed by atoms with E-state index in [1.807, 2.05) is 117 Å². The summed E-state index contributed by atoms with van der Waals surface area (Å²) in [5.74, 6) is 3.18. The van der Waals surface area contributed by atoms with Crippen LogP contribution in [0, 0.1) is 0 Å². The van der Waals surface area contributed by atoms with Gasteiger partial charge in [-0.15, -0.1) is 0 Å². The molecule has 15 aliphatic rings. The monoisotopic (exact) mass is 1800 g/mol. The molecule has 0 saturated heterocycles. The minimum atomic E-state index is 0.897. The zero-order valence-electron chi connectivity index (χ0n) is 76.6. The molecule has 0 fully saturated rings. The molecule has 35 rings (SSSR count). The third-order valence-corrected chi connectivity index (χ3v) is 32.3. The van der Waals surface area contributed by atoms with Crippen LogP contribution in [-0.4, -0.2) is 49.8 Å². The van der Waals surface area contributed by atoms with Gasteiger partial charge in [-0.25, -0.2) is 15.0 Å². The second-order valence-corrected chi connectivity index (χ2v) is 39.5. The first-order valence-electron chi connectivity index (χ1n) is 49.0. The number of hydrogen-bond donors (Lipinski definition) is 0. The lowest BCUT2D eigenvalue weighted by Gasteiger charge is -2.39. The maximum atomic E-state index is 4.78. The Labute approximate surface area is 809 Å². The molecule has 0 amide bonds. The maximum Gasteiger partial charge on any atom is 0.141 e.